The van der Waals surface area contributed by atoms with Crippen molar-refractivity contribution in [2.24, 2.45) is 0 Å². The van der Waals surface area contributed by atoms with E-state index < -0.39 is 24.4 Å². The number of halogens is 3. The molecule has 8 heteroatoms. The number of alkyl halides is 3. The summed E-state index contributed by atoms with van der Waals surface area (Å²) in [5.41, 5.74) is 0. The Labute approximate surface area is 142 Å². The molecule has 0 aliphatic heterocycles. The van der Waals surface area contributed by atoms with Crippen LogP contribution >= 0.6 is 34.8 Å². The Balaban J connectivity index is 4.36. The molecule has 0 fully saturated rings. The molecule has 0 saturated heterocycles. The molecular weight excluding hydrogens is 355 g/mol. The zero-order valence-corrected chi connectivity index (χ0v) is 16.3. The molecule has 0 spiro atoms. The predicted molar refractivity (Wildman–Crippen MR) is 89.9 cm³/mol. The van der Waals surface area contributed by atoms with Gasteiger partial charge in [0, 0.05) is 0 Å². The maximum atomic E-state index is 11.5. The molecule has 0 rings (SSSR count). The molecule has 0 saturated carbocycles. The van der Waals surface area contributed by atoms with Crippen LogP contribution in [0.2, 0.25) is 18.1 Å². The van der Waals surface area contributed by atoms with Crippen LogP contribution in [-0.2, 0) is 13.9 Å². The lowest BCUT2D eigenvalue weighted by atomic mass is 10.2. The van der Waals surface area contributed by atoms with Gasteiger partial charge in [-0.3, -0.25) is 0 Å². The first-order valence-corrected chi connectivity index (χ1v) is 10.5. The van der Waals surface area contributed by atoms with Crippen molar-refractivity contribution in [2.45, 2.75) is 48.8 Å². The molecule has 0 bridgehead atoms. The average Bonchev–Trinajstić information content (AvgIpc) is 2.29. The third-order valence-electron chi connectivity index (χ3n) is 3.28. The first kappa shape index (κ1) is 21.1. The van der Waals surface area contributed by atoms with Crippen molar-refractivity contribution in [3.05, 3.63) is 12.7 Å². The fourth-order valence-corrected chi connectivity index (χ4v) is 2.13. The quantitative estimate of drug-likeness (QED) is 0.280. The minimum absolute atomic E-state index is 0.0642. The van der Waals surface area contributed by atoms with Gasteiger partial charge in [-0.1, -0.05) is 62.2 Å². The summed E-state index contributed by atoms with van der Waals surface area (Å²) in [6.07, 6.45) is -0.0592. The maximum absolute atomic E-state index is 11.5. The normalized spacial score (nSPS) is 14.5. The predicted octanol–water partition coefficient (Wildman–Crippen LogP) is 5.09. The van der Waals surface area contributed by atoms with E-state index >= 15 is 0 Å². The number of rotatable bonds is 6. The van der Waals surface area contributed by atoms with Crippen LogP contribution in [0.4, 0.5) is 4.79 Å². The first-order chi connectivity index (χ1) is 9.28. The highest BCUT2D eigenvalue weighted by Gasteiger charge is 2.37. The van der Waals surface area contributed by atoms with Crippen molar-refractivity contribution in [2.75, 3.05) is 13.2 Å². The van der Waals surface area contributed by atoms with E-state index in [2.05, 4.69) is 45.2 Å². The molecule has 21 heavy (non-hydrogen) atoms. The molecule has 1 atom stereocenters. The Morgan fingerprint density at radius 1 is 1.29 bits per heavy atom. The molecule has 0 aliphatic rings. The van der Waals surface area contributed by atoms with Crippen molar-refractivity contribution in [1.29, 1.82) is 0 Å². The lowest BCUT2D eigenvalue weighted by molar-refractivity contribution is 0.0226. The van der Waals surface area contributed by atoms with E-state index in [-0.39, 0.29) is 18.3 Å². The number of hydrogen-bond acceptors (Lipinski definition) is 4. The van der Waals surface area contributed by atoms with Crippen molar-refractivity contribution in [3.8, 4) is 0 Å². The van der Waals surface area contributed by atoms with Gasteiger partial charge in [0.05, 0.1) is 6.61 Å². The number of ether oxygens (including phenoxy) is 2. The molecule has 0 aliphatic carbocycles. The van der Waals surface area contributed by atoms with Gasteiger partial charge in [-0.2, -0.15) is 0 Å². The van der Waals surface area contributed by atoms with E-state index in [0.717, 1.165) is 0 Å². The third kappa shape index (κ3) is 8.93. The standard InChI is InChI=1S/C13H23Cl3O4Si/c1-7-10(8-19-21(5,6)12(2,3)4)20-11(17)18-9-13(14,15)16/h7,10H,1,8-9H2,2-6H3. The Kier molecular flexibility index (Phi) is 8.08. The van der Waals surface area contributed by atoms with Crippen LogP contribution in [0.5, 0.6) is 0 Å². The Hall–Kier alpha value is 0.0569. The van der Waals surface area contributed by atoms with Gasteiger partial charge in [0.15, 0.2) is 8.32 Å². The van der Waals surface area contributed by atoms with Gasteiger partial charge in [0.1, 0.15) is 12.7 Å². The lowest BCUT2D eigenvalue weighted by Gasteiger charge is -2.36. The Morgan fingerprint density at radius 2 is 1.81 bits per heavy atom. The van der Waals surface area contributed by atoms with Gasteiger partial charge in [0.25, 0.3) is 0 Å². The van der Waals surface area contributed by atoms with Gasteiger partial charge in [-0.15, -0.1) is 0 Å². The zero-order chi connectivity index (χ0) is 16.9. The number of hydrogen-bond donors (Lipinski definition) is 0. The summed E-state index contributed by atoms with van der Waals surface area (Å²) in [5.74, 6) is 0. The van der Waals surface area contributed by atoms with E-state index in [1.165, 1.54) is 6.08 Å². The van der Waals surface area contributed by atoms with E-state index in [9.17, 15) is 4.79 Å². The largest absolute Gasteiger partial charge is 0.509 e. The summed E-state index contributed by atoms with van der Waals surface area (Å²) in [5, 5.41) is 0.0642. The van der Waals surface area contributed by atoms with Gasteiger partial charge < -0.3 is 13.9 Å². The lowest BCUT2D eigenvalue weighted by Crippen LogP contribution is -2.43. The summed E-state index contributed by atoms with van der Waals surface area (Å²) in [4.78, 5) is 11.5. The highest BCUT2D eigenvalue weighted by atomic mass is 35.6. The topological polar surface area (TPSA) is 44.8 Å². The molecule has 0 aromatic heterocycles. The molecule has 0 aromatic carbocycles. The molecular formula is C13H23Cl3O4Si. The second kappa shape index (κ2) is 8.06. The van der Waals surface area contributed by atoms with Crippen LogP contribution in [0.25, 0.3) is 0 Å². The van der Waals surface area contributed by atoms with Crippen LogP contribution in [0, 0.1) is 0 Å². The number of carbonyl (C=O) groups is 1. The minimum atomic E-state index is -1.93. The summed E-state index contributed by atoms with van der Waals surface area (Å²) >= 11 is 16.4. The minimum Gasteiger partial charge on any atom is -0.430 e. The SMILES string of the molecule is C=CC(CO[Si](C)(C)C(C)(C)C)OC(=O)OCC(Cl)(Cl)Cl. The summed E-state index contributed by atoms with van der Waals surface area (Å²) in [6.45, 7) is 14.0. The summed E-state index contributed by atoms with van der Waals surface area (Å²) in [6, 6.07) is 0. The van der Waals surface area contributed by atoms with Crippen molar-refractivity contribution >= 4 is 49.3 Å². The summed E-state index contributed by atoms with van der Waals surface area (Å²) in [7, 11) is -1.93. The van der Waals surface area contributed by atoms with Crippen LogP contribution in [-0.4, -0.2) is 37.6 Å². The average molecular weight is 378 g/mol. The van der Waals surface area contributed by atoms with Crippen molar-refractivity contribution < 1.29 is 18.7 Å². The monoisotopic (exact) mass is 376 g/mol. The Bertz CT molecular complexity index is 361. The molecule has 0 aromatic rings. The fraction of sp³-hybridized carbons (Fsp3) is 0.769. The summed E-state index contributed by atoms with van der Waals surface area (Å²) < 4.78 is 14.0. The molecule has 0 amide bonds. The maximum Gasteiger partial charge on any atom is 0.509 e. The van der Waals surface area contributed by atoms with E-state index in [4.69, 9.17) is 44.0 Å². The van der Waals surface area contributed by atoms with Gasteiger partial charge in [0.2, 0.25) is 3.79 Å². The molecule has 1 unspecified atom stereocenters. The molecule has 4 nitrogen and oxygen atoms in total. The van der Waals surface area contributed by atoms with Crippen molar-refractivity contribution in [3.63, 3.8) is 0 Å². The van der Waals surface area contributed by atoms with Gasteiger partial charge >= 0.3 is 6.16 Å². The second-order valence-electron chi connectivity index (χ2n) is 6.12. The van der Waals surface area contributed by atoms with Gasteiger partial charge in [-0.05, 0) is 24.2 Å². The highest BCUT2D eigenvalue weighted by molar-refractivity contribution is 6.74. The zero-order valence-electron chi connectivity index (χ0n) is 13.0. The Morgan fingerprint density at radius 3 is 2.19 bits per heavy atom. The molecule has 0 radical (unpaired) electrons. The van der Waals surface area contributed by atoms with Gasteiger partial charge in [-0.25, -0.2) is 4.79 Å². The third-order valence-corrected chi connectivity index (χ3v) is 8.11. The van der Waals surface area contributed by atoms with E-state index in [1.807, 2.05) is 0 Å². The van der Waals surface area contributed by atoms with Crippen LogP contribution in [0.15, 0.2) is 12.7 Å². The number of carbonyl (C=O) groups excluding carboxylic acids is 1. The molecule has 0 heterocycles. The second-order valence-corrected chi connectivity index (χ2v) is 13.4. The highest BCUT2D eigenvalue weighted by Crippen LogP contribution is 2.36. The van der Waals surface area contributed by atoms with E-state index in [1.54, 1.807) is 0 Å². The van der Waals surface area contributed by atoms with Crippen molar-refractivity contribution in [1.82, 2.24) is 0 Å². The molecule has 124 valence electrons. The molecule has 0 N–H and O–H groups in total. The van der Waals surface area contributed by atoms with Crippen LogP contribution in [0.3, 0.4) is 0 Å². The smallest absolute Gasteiger partial charge is 0.430 e. The van der Waals surface area contributed by atoms with Crippen LogP contribution in [0.1, 0.15) is 20.8 Å². The van der Waals surface area contributed by atoms with E-state index in [0.29, 0.717) is 0 Å². The first-order valence-electron chi connectivity index (χ1n) is 6.45. The fourth-order valence-electron chi connectivity index (χ4n) is 0.956. The van der Waals surface area contributed by atoms with Crippen LogP contribution < -0.4 is 0 Å².